The summed E-state index contributed by atoms with van der Waals surface area (Å²) < 4.78 is 35.0. The number of allylic oxidation sites excluding steroid dienone is 2. The maximum absolute atomic E-state index is 11.7. The molecule has 68 valence electrons. The molecule has 0 rings (SSSR count). The molecule has 0 aliphatic carbocycles. The van der Waals surface area contributed by atoms with E-state index in [1.54, 1.807) is 0 Å². The van der Waals surface area contributed by atoms with Crippen molar-refractivity contribution in [1.29, 1.82) is 5.41 Å². The summed E-state index contributed by atoms with van der Waals surface area (Å²) in [6.07, 6.45) is -5.03. The van der Waals surface area contributed by atoms with E-state index in [2.05, 4.69) is 5.73 Å². The number of halogens is 3. The lowest BCUT2D eigenvalue weighted by Crippen LogP contribution is -2.24. The first-order chi connectivity index (χ1) is 5.30. The van der Waals surface area contributed by atoms with Gasteiger partial charge in [0.1, 0.15) is 0 Å². The van der Waals surface area contributed by atoms with E-state index >= 15 is 0 Å². The zero-order valence-corrected chi connectivity index (χ0v) is 5.55. The highest BCUT2D eigenvalue weighted by atomic mass is 19.4. The number of nitrogens with two attached hydrogens (primary N) is 1. The molecule has 12 heavy (non-hydrogen) atoms. The molecule has 0 aromatic heterocycles. The van der Waals surface area contributed by atoms with Crippen LogP contribution in [-0.2, 0) is 0 Å². The normalized spacial score (nSPS) is 13.6. The lowest BCUT2D eigenvalue weighted by Gasteiger charge is -2.04. The number of nitrogens with zero attached hydrogens (tertiary/aromatic N) is 1. The predicted octanol–water partition coefficient (Wildman–Crippen LogP) is 0.645. The average molecular weight is 183 g/mol. The Bertz CT molecular complexity index is 244. The molecule has 0 saturated heterocycles. The average Bonchev–Trinajstić information content (AvgIpc) is 1.86. The second-order valence-corrected chi connectivity index (χ2v) is 1.70. The van der Waals surface area contributed by atoms with Gasteiger partial charge in [-0.05, 0) is 0 Å². The van der Waals surface area contributed by atoms with E-state index in [0.29, 0.717) is 0 Å². The van der Waals surface area contributed by atoms with Crippen LogP contribution in [0.4, 0.5) is 13.2 Å². The maximum Gasteiger partial charge on any atom is 0.437 e. The lowest BCUT2D eigenvalue weighted by molar-refractivity contribution is -0.417. The van der Waals surface area contributed by atoms with Crippen molar-refractivity contribution in [3.8, 4) is 0 Å². The Kier molecular flexibility index (Phi) is 2.77. The van der Waals surface area contributed by atoms with Gasteiger partial charge in [-0.2, -0.15) is 13.2 Å². The first-order valence-electron chi connectivity index (χ1n) is 2.52. The van der Waals surface area contributed by atoms with Gasteiger partial charge >= 0.3 is 11.9 Å². The number of hydrogen-bond acceptors (Lipinski definition) is 4. The fourth-order valence-electron chi connectivity index (χ4n) is 0.374. The monoisotopic (exact) mass is 183 g/mol. The van der Waals surface area contributed by atoms with Crippen LogP contribution in [0.2, 0.25) is 0 Å². The van der Waals surface area contributed by atoms with E-state index in [0.717, 1.165) is 0 Å². The second kappa shape index (κ2) is 3.20. The number of nitro groups is 1. The highest BCUT2D eigenvalue weighted by Crippen LogP contribution is 2.23. The van der Waals surface area contributed by atoms with E-state index in [-0.39, 0.29) is 6.21 Å². The summed E-state index contributed by atoms with van der Waals surface area (Å²) in [5, 5.41) is 16.1. The highest BCUT2D eigenvalue weighted by Gasteiger charge is 2.38. The molecular weight excluding hydrogens is 179 g/mol. The fraction of sp³-hybridized carbons (Fsp3) is 0.250. The summed E-state index contributed by atoms with van der Waals surface area (Å²) in [5.41, 5.74) is 1.04. The zero-order chi connectivity index (χ0) is 9.94. The van der Waals surface area contributed by atoms with Crippen molar-refractivity contribution < 1.29 is 18.1 Å². The molecule has 0 atom stereocenters. The van der Waals surface area contributed by atoms with Crippen molar-refractivity contribution >= 4 is 6.21 Å². The lowest BCUT2D eigenvalue weighted by atomic mass is 10.3. The van der Waals surface area contributed by atoms with Crippen molar-refractivity contribution in [3.63, 3.8) is 0 Å². The number of alkyl halides is 3. The minimum Gasteiger partial charge on any atom is -0.389 e. The van der Waals surface area contributed by atoms with Gasteiger partial charge in [0, 0.05) is 0 Å². The number of hydrogen-bond donors (Lipinski definition) is 2. The summed E-state index contributed by atoms with van der Waals surface area (Å²) in [4.78, 5) is 8.47. The second-order valence-electron chi connectivity index (χ2n) is 1.70. The van der Waals surface area contributed by atoms with Gasteiger partial charge in [-0.1, -0.05) is 0 Å². The van der Waals surface area contributed by atoms with Gasteiger partial charge in [0.15, 0.2) is 5.70 Å². The summed E-state index contributed by atoms with van der Waals surface area (Å²) in [6, 6.07) is 0. The molecule has 0 unspecified atom stereocenters. The van der Waals surface area contributed by atoms with Crippen LogP contribution in [0.5, 0.6) is 0 Å². The van der Waals surface area contributed by atoms with Crippen LogP contribution >= 0.6 is 0 Å². The van der Waals surface area contributed by atoms with Crippen molar-refractivity contribution in [3.05, 3.63) is 21.5 Å². The summed E-state index contributed by atoms with van der Waals surface area (Å²) in [6.45, 7) is 0. The van der Waals surface area contributed by atoms with E-state index in [4.69, 9.17) is 5.41 Å². The largest absolute Gasteiger partial charge is 0.437 e. The third-order valence-corrected chi connectivity index (χ3v) is 0.915. The Morgan fingerprint density at radius 1 is 1.58 bits per heavy atom. The van der Waals surface area contributed by atoms with Crippen LogP contribution in [0, 0.1) is 15.5 Å². The molecule has 0 saturated carbocycles. The zero-order valence-electron chi connectivity index (χ0n) is 5.55. The molecule has 3 N–H and O–H groups in total. The Morgan fingerprint density at radius 2 is 2.00 bits per heavy atom. The quantitative estimate of drug-likeness (QED) is 0.373. The molecule has 0 aromatic rings. The third-order valence-electron chi connectivity index (χ3n) is 0.915. The molecule has 0 aliphatic heterocycles. The van der Waals surface area contributed by atoms with Crippen molar-refractivity contribution in [2.75, 3.05) is 0 Å². The maximum atomic E-state index is 11.7. The van der Waals surface area contributed by atoms with Crippen molar-refractivity contribution in [2.45, 2.75) is 6.18 Å². The fourth-order valence-corrected chi connectivity index (χ4v) is 0.374. The smallest absolute Gasteiger partial charge is 0.389 e. The van der Waals surface area contributed by atoms with Gasteiger partial charge in [-0.25, -0.2) is 0 Å². The molecule has 0 aromatic carbocycles. The first-order valence-corrected chi connectivity index (χ1v) is 2.52. The van der Waals surface area contributed by atoms with Crippen LogP contribution in [-0.4, -0.2) is 17.3 Å². The molecule has 0 aliphatic rings. The van der Waals surface area contributed by atoms with Crippen LogP contribution in [0.25, 0.3) is 0 Å². The van der Waals surface area contributed by atoms with Crippen LogP contribution in [0.15, 0.2) is 11.4 Å². The molecule has 5 nitrogen and oxygen atoms in total. The van der Waals surface area contributed by atoms with Gasteiger partial charge in [0.05, 0.1) is 11.1 Å². The molecule has 0 spiro atoms. The molecule has 0 heterocycles. The van der Waals surface area contributed by atoms with E-state index in [1.165, 1.54) is 0 Å². The highest BCUT2D eigenvalue weighted by molar-refractivity contribution is 5.73. The van der Waals surface area contributed by atoms with Crippen LogP contribution in [0.1, 0.15) is 0 Å². The van der Waals surface area contributed by atoms with Gasteiger partial charge in [-0.15, -0.1) is 0 Å². The molecule has 0 amide bonds. The molecule has 8 heteroatoms. The molecule has 0 fully saturated rings. The predicted molar refractivity (Wildman–Crippen MR) is 33.0 cm³/mol. The SMILES string of the molecule is N=CC(=C(N)C(F)(F)F)[N+](=O)[O-]. The van der Waals surface area contributed by atoms with Gasteiger partial charge in [-0.3, -0.25) is 10.1 Å². The van der Waals surface area contributed by atoms with Crippen molar-refractivity contribution in [1.82, 2.24) is 0 Å². The van der Waals surface area contributed by atoms with Gasteiger partial charge in [0.25, 0.3) is 0 Å². The van der Waals surface area contributed by atoms with Gasteiger partial charge < -0.3 is 11.1 Å². The van der Waals surface area contributed by atoms with E-state index in [9.17, 15) is 23.3 Å². The summed E-state index contributed by atoms with van der Waals surface area (Å²) in [7, 11) is 0. The Hall–Kier alpha value is -1.60. The van der Waals surface area contributed by atoms with E-state index in [1.807, 2.05) is 0 Å². The van der Waals surface area contributed by atoms with Crippen LogP contribution < -0.4 is 5.73 Å². The Labute approximate surface area is 64.3 Å². The summed E-state index contributed by atoms with van der Waals surface area (Å²) >= 11 is 0. The van der Waals surface area contributed by atoms with Gasteiger partial charge in [0.2, 0.25) is 0 Å². The number of rotatable bonds is 2. The minimum absolute atomic E-state index is 0.0528. The molecular formula is C4H4F3N3O2. The third kappa shape index (κ3) is 2.22. The molecule has 0 bridgehead atoms. The van der Waals surface area contributed by atoms with Crippen molar-refractivity contribution in [2.24, 2.45) is 5.73 Å². The van der Waals surface area contributed by atoms with E-state index < -0.39 is 22.5 Å². The number of nitrogens with one attached hydrogen (secondary N) is 1. The summed E-state index contributed by atoms with van der Waals surface area (Å²) in [5.74, 6) is 0. The Balaban J connectivity index is 5.12. The Morgan fingerprint density at radius 3 is 2.08 bits per heavy atom. The first kappa shape index (κ1) is 10.4. The molecule has 0 radical (unpaired) electrons. The topological polar surface area (TPSA) is 93.0 Å². The standard InChI is InChI=1S/C4H4F3N3O2/c5-4(6,7)3(9)2(1-8)10(11)12/h1,8H,9H2. The van der Waals surface area contributed by atoms with Crippen LogP contribution in [0.3, 0.4) is 0 Å². The minimum atomic E-state index is -4.97.